The molecule has 0 fully saturated rings. The number of nitrogens with zero attached hydrogens (tertiary/aromatic N) is 1. The molecule has 6 heteroatoms. The Kier molecular flexibility index (Phi) is 2.97. The summed E-state index contributed by atoms with van der Waals surface area (Å²) in [5.41, 5.74) is 0. The van der Waals surface area contributed by atoms with E-state index in [0.717, 1.165) is 17.6 Å². The van der Waals surface area contributed by atoms with Gasteiger partial charge in [-0.1, -0.05) is 0 Å². The molecule has 1 heterocycles. The van der Waals surface area contributed by atoms with E-state index in [0.29, 0.717) is 10.8 Å². The summed E-state index contributed by atoms with van der Waals surface area (Å²) in [6.45, 7) is 0. The van der Waals surface area contributed by atoms with E-state index in [4.69, 9.17) is 9.84 Å². The van der Waals surface area contributed by atoms with Gasteiger partial charge >= 0.3 is 5.97 Å². The largest absolute Gasteiger partial charge is 0.480 e. The maximum absolute atomic E-state index is 12.5. The lowest BCUT2D eigenvalue weighted by atomic mass is 10.4. The number of carboxylic acid groups (broad SMARTS) is 1. The monoisotopic (exact) mass is 203 g/mol. The number of hydrogen-bond acceptors (Lipinski definition) is 4. The van der Waals surface area contributed by atoms with Gasteiger partial charge < -0.3 is 9.84 Å². The van der Waals surface area contributed by atoms with Gasteiger partial charge in [0.05, 0.1) is 12.0 Å². The summed E-state index contributed by atoms with van der Waals surface area (Å²) in [6.07, 6.45) is 0.891. The summed E-state index contributed by atoms with van der Waals surface area (Å²) < 4.78 is 21.0. The molecule has 0 atom stereocenters. The van der Waals surface area contributed by atoms with Crippen molar-refractivity contribution in [2.24, 2.45) is 0 Å². The molecular weight excluding hydrogens is 197 g/mol. The van der Waals surface area contributed by atoms with Crippen molar-refractivity contribution in [2.45, 2.75) is 0 Å². The number of aromatic nitrogens is 1. The van der Waals surface area contributed by atoms with E-state index in [1.54, 1.807) is 0 Å². The molecular formula is C7H6FNO3S. The fraction of sp³-hybridized carbons (Fsp3) is 0.143. The first-order chi connectivity index (χ1) is 6.13. The Morgan fingerprint density at radius 3 is 3.00 bits per heavy atom. The van der Waals surface area contributed by atoms with Crippen LogP contribution in [0.3, 0.4) is 0 Å². The summed E-state index contributed by atoms with van der Waals surface area (Å²) in [5.74, 6) is -2.46. The van der Waals surface area contributed by atoms with Gasteiger partial charge in [0.15, 0.2) is 0 Å². The highest BCUT2D eigenvalue weighted by molar-refractivity contribution is 7.06. The third-order valence-electron chi connectivity index (χ3n) is 1.19. The van der Waals surface area contributed by atoms with E-state index >= 15 is 0 Å². The van der Waals surface area contributed by atoms with Crippen LogP contribution in [0.25, 0.3) is 6.08 Å². The van der Waals surface area contributed by atoms with Gasteiger partial charge in [0, 0.05) is 12.1 Å². The van der Waals surface area contributed by atoms with Crippen molar-refractivity contribution >= 4 is 23.6 Å². The van der Waals surface area contributed by atoms with Crippen LogP contribution in [0.2, 0.25) is 0 Å². The standard InChI is InChI=1S/C7H6FNO3S/c1-12-6-3-4(13-9-6)2-5(8)7(10)11/h2-3H,1H3,(H,10,11)/b5-2+. The predicted octanol–water partition coefficient (Wildman–Crippen LogP) is 1.55. The Balaban J connectivity index is 2.84. The average Bonchev–Trinajstić information content (AvgIpc) is 2.52. The number of carboxylic acids is 1. The van der Waals surface area contributed by atoms with Crippen molar-refractivity contribution in [3.8, 4) is 5.88 Å². The van der Waals surface area contributed by atoms with Gasteiger partial charge in [-0.25, -0.2) is 4.79 Å². The van der Waals surface area contributed by atoms with Crippen molar-refractivity contribution in [1.82, 2.24) is 4.37 Å². The molecule has 4 nitrogen and oxygen atoms in total. The molecule has 70 valence electrons. The molecule has 1 rings (SSSR count). The molecule has 0 radical (unpaired) electrons. The molecule has 0 unspecified atom stereocenters. The topological polar surface area (TPSA) is 59.4 Å². The van der Waals surface area contributed by atoms with Crippen molar-refractivity contribution in [3.63, 3.8) is 0 Å². The Morgan fingerprint density at radius 1 is 1.85 bits per heavy atom. The normalized spacial score (nSPS) is 11.4. The second-order valence-electron chi connectivity index (χ2n) is 2.07. The van der Waals surface area contributed by atoms with Crippen LogP contribution in [-0.4, -0.2) is 22.6 Å². The minimum absolute atomic E-state index is 0.342. The van der Waals surface area contributed by atoms with Gasteiger partial charge in [0.25, 0.3) is 0 Å². The third-order valence-corrected chi connectivity index (χ3v) is 1.91. The van der Waals surface area contributed by atoms with E-state index in [-0.39, 0.29) is 0 Å². The smallest absolute Gasteiger partial charge is 0.364 e. The second-order valence-corrected chi connectivity index (χ2v) is 2.91. The molecule has 0 aromatic carbocycles. The summed E-state index contributed by atoms with van der Waals surface area (Å²) >= 11 is 0.965. The zero-order chi connectivity index (χ0) is 9.84. The van der Waals surface area contributed by atoms with Gasteiger partial charge in [-0.15, -0.1) is 0 Å². The second kappa shape index (κ2) is 3.99. The van der Waals surface area contributed by atoms with Crippen LogP contribution in [-0.2, 0) is 4.79 Å². The van der Waals surface area contributed by atoms with E-state index in [1.165, 1.54) is 13.2 Å². The van der Waals surface area contributed by atoms with Gasteiger partial charge in [0.1, 0.15) is 0 Å². The molecule has 1 aromatic heterocycles. The fourth-order valence-electron chi connectivity index (χ4n) is 0.623. The molecule has 0 aliphatic carbocycles. The Morgan fingerprint density at radius 2 is 2.54 bits per heavy atom. The molecule has 0 aliphatic heterocycles. The average molecular weight is 203 g/mol. The lowest BCUT2D eigenvalue weighted by molar-refractivity contribution is -0.134. The minimum Gasteiger partial charge on any atom is -0.480 e. The van der Waals surface area contributed by atoms with E-state index in [1.807, 2.05) is 0 Å². The first kappa shape index (κ1) is 9.66. The number of ether oxygens (including phenoxy) is 1. The minimum atomic E-state index is -1.59. The SMILES string of the molecule is COc1cc(/C=C(/F)C(=O)O)sn1. The first-order valence-corrected chi connectivity index (χ1v) is 4.02. The van der Waals surface area contributed by atoms with Crippen molar-refractivity contribution < 1.29 is 19.0 Å². The maximum atomic E-state index is 12.5. The summed E-state index contributed by atoms with van der Waals surface area (Å²) in [5, 5.41) is 8.22. The fourth-order valence-corrected chi connectivity index (χ4v) is 1.26. The molecule has 13 heavy (non-hydrogen) atoms. The number of rotatable bonds is 3. The van der Waals surface area contributed by atoms with Crippen LogP contribution in [0.5, 0.6) is 5.88 Å². The third kappa shape index (κ3) is 2.51. The van der Waals surface area contributed by atoms with Crippen LogP contribution in [0.1, 0.15) is 4.88 Å². The molecule has 0 spiro atoms. The molecule has 0 aliphatic rings. The summed E-state index contributed by atoms with van der Waals surface area (Å²) in [4.78, 5) is 10.5. The van der Waals surface area contributed by atoms with Gasteiger partial charge in [-0.05, 0) is 11.5 Å². The maximum Gasteiger partial charge on any atom is 0.364 e. The highest BCUT2D eigenvalue weighted by Gasteiger charge is 2.07. The van der Waals surface area contributed by atoms with E-state index in [2.05, 4.69) is 4.37 Å². The van der Waals surface area contributed by atoms with Crippen molar-refractivity contribution in [1.29, 1.82) is 0 Å². The van der Waals surface area contributed by atoms with Crippen LogP contribution < -0.4 is 4.74 Å². The number of carbonyl (C=O) groups is 1. The molecule has 0 saturated heterocycles. The van der Waals surface area contributed by atoms with E-state index in [9.17, 15) is 9.18 Å². The molecule has 1 N–H and O–H groups in total. The van der Waals surface area contributed by atoms with Crippen molar-refractivity contribution in [2.75, 3.05) is 7.11 Å². The lowest BCUT2D eigenvalue weighted by Crippen LogP contribution is -1.93. The van der Waals surface area contributed by atoms with Gasteiger partial charge in [-0.2, -0.15) is 8.76 Å². The molecule has 1 aromatic rings. The number of hydrogen-bond donors (Lipinski definition) is 1. The zero-order valence-electron chi connectivity index (χ0n) is 6.65. The van der Waals surface area contributed by atoms with Gasteiger partial charge in [0.2, 0.25) is 11.7 Å². The van der Waals surface area contributed by atoms with Crippen molar-refractivity contribution in [3.05, 3.63) is 16.8 Å². The molecule has 0 amide bonds. The summed E-state index contributed by atoms with van der Waals surface area (Å²) in [7, 11) is 1.43. The Hall–Kier alpha value is -1.43. The lowest BCUT2D eigenvalue weighted by Gasteiger charge is -1.86. The number of aliphatic carboxylic acids is 1. The number of halogens is 1. The van der Waals surface area contributed by atoms with Gasteiger partial charge in [-0.3, -0.25) is 0 Å². The van der Waals surface area contributed by atoms with Crippen LogP contribution >= 0.6 is 11.5 Å². The first-order valence-electron chi connectivity index (χ1n) is 3.24. The highest BCUT2D eigenvalue weighted by atomic mass is 32.1. The quantitative estimate of drug-likeness (QED) is 0.757. The van der Waals surface area contributed by atoms with Crippen LogP contribution in [0.4, 0.5) is 4.39 Å². The van der Waals surface area contributed by atoms with Crippen LogP contribution in [0.15, 0.2) is 11.9 Å². The predicted molar refractivity (Wildman–Crippen MR) is 45.4 cm³/mol. The zero-order valence-corrected chi connectivity index (χ0v) is 7.47. The Labute approximate surface area is 77.4 Å². The van der Waals surface area contributed by atoms with Crippen LogP contribution in [0, 0.1) is 0 Å². The summed E-state index contributed by atoms with van der Waals surface area (Å²) in [6, 6.07) is 1.45. The Bertz CT molecular complexity index is 347. The molecule has 0 saturated carbocycles. The van der Waals surface area contributed by atoms with E-state index < -0.39 is 11.8 Å². The highest BCUT2D eigenvalue weighted by Crippen LogP contribution is 2.19. The number of methoxy groups -OCH3 is 1. The molecule has 0 bridgehead atoms.